The number of carbonyl (C=O) groups excluding carboxylic acids is 4. The summed E-state index contributed by atoms with van der Waals surface area (Å²) in [7, 11) is 0.234. The summed E-state index contributed by atoms with van der Waals surface area (Å²) in [5.41, 5.74) is 1.73. The zero-order valence-electron chi connectivity index (χ0n) is 51.5. The third kappa shape index (κ3) is 13.1. The molecule has 1 aliphatic heterocycles. The van der Waals surface area contributed by atoms with Crippen molar-refractivity contribution in [1.29, 1.82) is 0 Å². The van der Waals surface area contributed by atoms with Crippen molar-refractivity contribution in [3.63, 3.8) is 0 Å². The van der Waals surface area contributed by atoms with E-state index in [1.165, 1.54) is 77.3 Å². The molecule has 4 aromatic rings. The van der Waals surface area contributed by atoms with Crippen molar-refractivity contribution in [1.82, 2.24) is 16.0 Å². The molecule has 3 N–H and O–H groups in total. The van der Waals surface area contributed by atoms with E-state index in [4.69, 9.17) is 23.4 Å². The standard InChI is InChI=1S/C69H93F2N3O9Si/c1-44(53-31-32-54-51-30-27-46-19-17-18-37-67(46,5)55(51)36-38-68(53,54)6)24-33-60(76)74-42-61(77)73-41-45-39-52(57(71)40-56(45)70)63-65(83-84(9,10)66(2,3)4)64(82-62(78)35-34-59(75)72-7)58(81-63)43-80-69(47-20-13-11-14-21-47,48-22-15-12-16-23-48)49-25-28-50(79-8)29-26-49/h11-16,20-23,25-26,28-29,39-40,44,46,51,53-55,58,63-65H,17-19,24,27,30-38,41-43H2,1-10H3,(H,72,75)(H,73,77)(H,74,76)/t44-,46-,51?,53?,54-,55-,58-,63+,64?,65-,67-,68+/m1/s1. The summed E-state index contributed by atoms with van der Waals surface area (Å²) in [6.45, 7) is 16.9. The van der Waals surface area contributed by atoms with Crippen LogP contribution >= 0.6 is 0 Å². The smallest absolute Gasteiger partial charge is 0.306 e. The number of rotatable bonds is 22. The number of nitrogens with one attached hydrogen (secondary N) is 3. The fourth-order valence-corrected chi connectivity index (χ4v) is 17.2. The lowest BCUT2D eigenvalue weighted by molar-refractivity contribution is -0.159. The van der Waals surface area contributed by atoms with Gasteiger partial charge in [0.15, 0.2) is 14.4 Å². The minimum Gasteiger partial charge on any atom is -0.497 e. The molecule has 5 aliphatic rings. The lowest BCUT2D eigenvalue weighted by Crippen LogP contribution is -2.53. The maximum Gasteiger partial charge on any atom is 0.306 e. The molecule has 3 amide bonds. The van der Waals surface area contributed by atoms with Gasteiger partial charge in [0, 0.05) is 43.6 Å². The van der Waals surface area contributed by atoms with Gasteiger partial charge >= 0.3 is 5.97 Å². The van der Waals surface area contributed by atoms with Crippen LogP contribution in [-0.2, 0) is 50.0 Å². The second-order valence-electron chi connectivity index (χ2n) is 27.2. The van der Waals surface area contributed by atoms with Gasteiger partial charge in [-0.05, 0) is 157 Å². The van der Waals surface area contributed by atoms with E-state index < -0.39 is 66.9 Å². The van der Waals surface area contributed by atoms with Gasteiger partial charge in [-0.25, -0.2) is 8.78 Å². The first-order valence-corrected chi connectivity index (χ1v) is 34.1. The van der Waals surface area contributed by atoms with Crippen LogP contribution in [0.25, 0.3) is 0 Å². The van der Waals surface area contributed by atoms with E-state index in [1.807, 2.05) is 98.0 Å². The van der Waals surface area contributed by atoms with Gasteiger partial charge in [0.05, 0.1) is 26.7 Å². The Morgan fingerprint density at radius 2 is 1.39 bits per heavy atom. The topological polar surface area (TPSA) is 151 Å². The maximum absolute atomic E-state index is 16.8. The molecule has 0 bridgehead atoms. The Balaban J connectivity index is 0.917. The lowest BCUT2D eigenvalue weighted by Gasteiger charge is -2.61. The van der Waals surface area contributed by atoms with E-state index in [2.05, 4.69) is 57.5 Å². The molecule has 12 nitrogen and oxygen atoms in total. The number of hydrogen-bond donors (Lipinski definition) is 3. The first kappa shape index (κ1) is 63.0. The second kappa shape index (κ2) is 26.2. The Morgan fingerprint density at radius 1 is 0.726 bits per heavy atom. The van der Waals surface area contributed by atoms with Gasteiger partial charge in [-0.2, -0.15) is 0 Å². The number of halogens is 2. The van der Waals surface area contributed by atoms with Crippen LogP contribution in [0.3, 0.4) is 0 Å². The van der Waals surface area contributed by atoms with Crippen LogP contribution in [0, 0.1) is 58.0 Å². The molecule has 9 rings (SSSR count). The highest BCUT2D eigenvalue weighted by atomic mass is 28.4. The third-order valence-electron chi connectivity index (χ3n) is 21.5. The molecular formula is C69H93F2N3O9Si. The van der Waals surface area contributed by atoms with Crippen molar-refractivity contribution in [3.05, 3.63) is 137 Å². The molecule has 15 heteroatoms. The summed E-state index contributed by atoms with van der Waals surface area (Å²) < 4.78 is 66.1. The highest BCUT2D eigenvalue weighted by molar-refractivity contribution is 6.74. The maximum atomic E-state index is 16.8. The molecule has 1 heterocycles. The van der Waals surface area contributed by atoms with Crippen molar-refractivity contribution in [2.75, 3.05) is 27.3 Å². The molecule has 0 radical (unpaired) electrons. The van der Waals surface area contributed by atoms with Gasteiger partial charge < -0.3 is 39.3 Å². The molecule has 5 fully saturated rings. The minimum atomic E-state index is -2.85. The predicted octanol–water partition coefficient (Wildman–Crippen LogP) is 13.4. The van der Waals surface area contributed by atoms with Gasteiger partial charge in [0.1, 0.15) is 41.3 Å². The Morgan fingerprint density at radius 3 is 2.05 bits per heavy atom. The van der Waals surface area contributed by atoms with E-state index in [1.54, 1.807) is 7.11 Å². The van der Waals surface area contributed by atoms with E-state index >= 15 is 8.78 Å². The SMILES string of the molecule is CNC(=O)CCC(=O)OC1[C@@H](COC(c2ccccc2)(c2ccccc2)c2ccc(OC)cc2)O[C@@H](c2cc(CNC(=O)CNC(=O)CC[C@@H](C)C3CC[C@@H]4C5CC[C@H]6CCCC[C@@]6(C)[C@@H]5CC[C@@]34C)c(F)cc2F)[C@H]1O[Si](C)(C)C(C)(C)C. The van der Waals surface area contributed by atoms with Gasteiger partial charge in [-0.1, -0.05) is 127 Å². The zero-order valence-corrected chi connectivity index (χ0v) is 52.5. The number of ether oxygens (including phenoxy) is 4. The number of carbonyl (C=O) groups is 4. The molecule has 4 aromatic carbocycles. The Bertz CT molecular complexity index is 2880. The number of esters is 1. The Labute approximate surface area is 499 Å². The molecular weight excluding hydrogens is 1080 g/mol. The van der Waals surface area contributed by atoms with Gasteiger partial charge in [-0.3, -0.25) is 19.2 Å². The Kier molecular flexibility index (Phi) is 19.7. The molecule has 1 saturated heterocycles. The van der Waals surface area contributed by atoms with Crippen LogP contribution in [0.15, 0.2) is 97.1 Å². The van der Waals surface area contributed by atoms with Gasteiger partial charge in [-0.15, -0.1) is 0 Å². The zero-order chi connectivity index (χ0) is 60.2. The largest absolute Gasteiger partial charge is 0.497 e. The van der Waals surface area contributed by atoms with Gasteiger partial charge in [0.2, 0.25) is 17.7 Å². The van der Waals surface area contributed by atoms with Crippen molar-refractivity contribution in [2.24, 2.45) is 46.3 Å². The average Bonchev–Trinajstić information content (AvgIpc) is 1.42. The predicted molar refractivity (Wildman–Crippen MR) is 324 cm³/mol. The molecule has 3 unspecified atom stereocenters. The first-order valence-electron chi connectivity index (χ1n) is 31.2. The molecule has 0 spiro atoms. The number of methoxy groups -OCH3 is 1. The second-order valence-corrected chi connectivity index (χ2v) is 31.9. The van der Waals surface area contributed by atoms with Crippen LogP contribution in [0.4, 0.5) is 8.78 Å². The quantitative estimate of drug-likeness (QED) is 0.0397. The molecule has 4 aliphatic carbocycles. The summed E-state index contributed by atoms with van der Waals surface area (Å²) in [4.78, 5) is 53.2. The van der Waals surface area contributed by atoms with Crippen LogP contribution in [0.1, 0.15) is 165 Å². The minimum absolute atomic E-state index is 0.0293. The summed E-state index contributed by atoms with van der Waals surface area (Å²) in [6.07, 6.45) is 9.37. The lowest BCUT2D eigenvalue weighted by atomic mass is 9.44. The van der Waals surface area contributed by atoms with Crippen molar-refractivity contribution in [2.45, 2.75) is 186 Å². The highest BCUT2D eigenvalue weighted by Crippen LogP contribution is 2.68. The molecule has 456 valence electrons. The highest BCUT2D eigenvalue weighted by Gasteiger charge is 2.60. The number of fused-ring (bicyclic) bond motifs is 5. The van der Waals surface area contributed by atoms with Gasteiger partial charge in [0.25, 0.3) is 0 Å². The normalized spacial score (nSPS) is 28.0. The fraction of sp³-hybridized carbons (Fsp3) is 0.594. The first-order chi connectivity index (χ1) is 40.0. The van der Waals surface area contributed by atoms with Crippen molar-refractivity contribution < 1.29 is 51.3 Å². The number of hydrogen-bond acceptors (Lipinski definition) is 9. The van der Waals surface area contributed by atoms with Crippen LogP contribution in [-0.4, -0.2) is 77.6 Å². The van der Waals surface area contributed by atoms with E-state index in [0.29, 0.717) is 34.8 Å². The van der Waals surface area contributed by atoms with Crippen LogP contribution < -0.4 is 20.7 Å². The Hall–Kier alpha value is -5.48. The van der Waals surface area contributed by atoms with Crippen molar-refractivity contribution >= 4 is 32.0 Å². The van der Waals surface area contributed by atoms with Crippen LogP contribution in [0.5, 0.6) is 5.75 Å². The monoisotopic (exact) mass is 1170 g/mol. The summed E-state index contributed by atoms with van der Waals surface area (Å²) in [5, 5.41) is 7.70. The van der Waals surface area contributed by atoms with E-state index in [0.717, 1.165) is 52.8 Å². The van der Waals surface area contributed by atoms with E-state index in [9.17, 15) is 19.2 Å². The van der Waals surface area contributed by atoms with Crippen molar-refractivity contribution in [3.8, 4) is 5.75 Å². The summed E-state index contributed by atoms with van der Waals surface area (Å²) in [6, 6.07) is 29.0. The molecule has 4 saturated carbocycles. The van der Waals surface area contributed by atoms with E-state index in [-0.39, 0.29) is 55.5 Å². The average molecular weight is 1170 g/mol. The molecule has 0 aromatic heterocycles. The summed E-state index contributed by atoms with van der Waals surface area (Å²) >= 11 is 0. The molecule has 84 heavy (non-hydrogen) atoms. The molecule has 12 atom stereocenters. The summed E-state index contributed by atoms with van der Waals surface area (Å²) in [5.74, 6) is 1.29. The van der Waals surface area contributed by atoms with Crippen LogP contribution in [0.2, 0.25) is 18.1 Å². The number of benzene rings is 4. The fourth-order valence-electron chi connectivity index (χ4n) is 15.9. The third-order valence-corrected chi connectivity index (χ3v) is 26.0. The number of amides is 3.